The van der Waals surface area contributed by atoms with E-state index in [1.54, 1.807) is 4.68 Å². The lowest BCUT2D eigenvalue weighted by molar-refractivity contribution is -0.119. The second-order valence-electron chi connectivity index (χ2n) is 6.38. The first-order chi connectivity index (χ1) is 12.8. The first-order valence-electron chi connectivity index (χ1n) is 8.85. The summed E-state index contributed by atoms with van der Waals surface area (Å²) in [4.78, 5) is 20.8. The lowest BCUT2D eigenvalue weighted by Gasteiger charge is -2.22. The highest BCUT2D eigenvalue weighted by molar-refractivity contribution is 8.00. The van der Waals surface area contributed by atoms with Gasteiger partial charge in [-0.05, 0) is 25.0 Å². The molecule has 0 radical (unpaired) electrons. The Morgan fingerprint density at radius 3 is 2.77 bits per heavy atom. The minimum Gasteiger partial charge on any atom is -0.353 e. The van der Waals surface area contributed by atoms with E-state index in [9.17, 15) is 4.79 Å². The summed E-state index contributed by atoms with van der Waals surface area (Å²) in [5, 5.41) is 12.2. The van der Waals surface area contributed by atoms with Crippen LogP contribution in [0.3, 0.4) is 0 Å². The number of fused-ring (bicyclic) bond motifs is 1. The molecule has 2 heterocycles. The molecule has 0 atom stereocenters. The topological polar surface area (TPSA) is 85.6 Å². The van der Waals surface area contributed by atoms with Crippen LogP contribution in [0.5, 0.6) is 0 Å². The molecule has 7 nitrogen and oxygen atoms in total. The Kier molecular flexibility index (Phi) is 5.10. The molecule has 0 bridgehead atoms. The third-order valence-corrected chi connectivity index (χ3v) is 5.49. The van der Waals surface area contributed by atoms with Gasteiger partial charge in [0.05, 0.1) is 11.4 Å². The summed E-state index contributed by atoms with van der Waals surface area (Å²) < 4.78 is 1.68. The number of amides is 1. The van der Waals surface area contributed by atoms with Gasteiger partial charge >= 0.3 is 0 Å². The van der Waals surface area contributed by atoms with E-state index >= 15 is 0 Å². The first kappa shape index (κ1) is 17.0. The van der Waals surface area contributed by atoms with Crippen molar-refractivity contribution >= 4 is 28.8 Å². The Morgan fingerprint density at radius 1 is 1.15 bits per heavy atom. The maximum absolute atomic E-state index is 12.2. The molecule has 2 aromatic heterocycles. The quantitative estimate of drug-likeness (QED) is 0.550. The highest BCUT2D eigenvalue weighted by atomic mass is 32.2. The number of hydrogen-bond donors (Lipinski definition) is 1. The smallest absolute Gasteiger partial charge is 0.230 e. The van der Waals surface area contributed by atoms with Gasteiger partial charge in [-0.15, -0.1) is 5.10 Å². The van der Waals surface area contributed by atoms with E-state index in [1.807, 2.05) is 30.3 Å². The number of aromatic nitrogens is 5. The minimum atomic E-state index is 0.0455. The lowest BCUT2D eigenvalue weighted by atomic mass is 9.95. The van der Waals surface area contributed by atoms with Crippen molar-refractivity contribution in [2.24, 2.45) is 0 Å². The van der Waals surface area contributed by atoms with Crippen LogP contribution in [0.25, 0.3) is 16.9 Å². The number of carbonyl (C=O) groups excluding carboxylic acids is 1. The standard InChI is InChI=1S/C18H20N6OS/c25-15(21-13-7-3-1-4-8-13)11-26-18-16-17(19-12-20-18)24(23-22-16)14-9-5-2-6-10-14/h2,5-6,9-10,12-13H,1,3-4,7-8,11H2,(H,21,25). The molecule has 0 aliphatic heterocycles. The number of nitrogens with zero attached hydrogens (tertiary/aromatic N) is 5. The number of carbonyl (C=O) groups is 1. The fourth-order valence-electron chi connectivity index (χ4n) is 3.23. The van der Waals surface area contributed by atoms with E-state index in [1.165, 1.54) is 37.4 Å². The Morgan fingerprint density at radius 2 is 1.96 bits per heavy atom. The molecule has 0 unspecified atom stereocenters. The fourth-order valence-corrected chi connectivity index (χ4v) is 3.97. The summed E-state index contributed by atoms with van der Waals surface area (Å²) in [7, 11) is 0. The number of hydrogen-bond acceptors (Lipinski definition) is 6. The zero-order valence-electron chi connectivity index (χ0n) is 14.3. The summed E-state index contributed by atoms with van der Waals surface area (Å²) in [5.74, 6) is 0.366. The van der Waals surface area contributed by atoms with Crippen molar-refractivity contribution in [2.75, 3.05) is 5.75 Å². The average molecular weight is 368 g/mol. The van der Waals surface area contributed by atoms with Crippen molar-refractivity contribution in [3.63, 3.8) is 0 Å². The van der Waals surface area contributed by atoms with Gasteiger partial charge in [0.1, 0.15) is 11.4 Å². The average Bonchev–Trinajstić information content (AvgIpc) is 3.12. The summed E-state index contributed by atoms with van der Waals surface area (Å²) >= 11 is 1.38. The second-order valence-corrected chi connectivity index (χ2v) is 7.34. The predicted octanol–water partition coefficient (Wildman–Crippen LogP) is 2.75. The molecule has 0 spiro atoms. The maximum Gasteiger partial charge on any atom is 0.230 e. The van der Waals surface area contributed by atoms with Gasteiger partial charge in [-0.3, -0.25) is 4.79 Å². The van der Waals surface area contributed by atoms with Gasteiger partial charge in [-0.1, -0.05) is 54.4 Å². The molecule has 1 fully saturated rings. The first-order valence-corrected chi connectivity index (χ1v) is 9.84. The van der Waals surface area contributed by atoms with Gasteiger partial charge in [0.2, 0.25) is 5.91 Å². The molecule has 8 heteroatoms. The Balaban J connectivity index is 1.47. The van der Waals surface area contributed by atoms with Crippen molar-refractivity contribution in [2.45, 2.75) is 43.2 Å². The molecular weight excluding hydrogens is 348 g/mol. The van der Waals surface area contributed by atoms with Crippen molar-refractivity contribution in [3.05, 3.63) is 36.7 Å². The third kappa shape index (κ3) is 3.70. The SMILES string of the molecule is O=C(CSc1ncnc2c1nnn2-c1ccccc1)NC1CCCCC1. The van der Waals surface area contributed by atoms with E-state index in [0.29, 0.717) is 28.0 Å². The number of benzene rings is 1. The van der Waals surface area contributed by atoms with E-state index < -0.39 is 0 Å². The molecule has 1 aliphatic rings. The van der Waals surface area contributed by atoms with Crippen LogP contribution in [0.1, 0.15) is 32.1 Å². The molecule has 1 amide bonds. The largest absolute Gasteiger partial charge is 0.353 e. The van der Waals surface area contributed by atoms with Crippen molar-refractivity contribution in [3.8, 4) is 5.69 Å². The van der Waals surface area contributed by atoms with Gasteiger partial charge in [0.15, 0.2) is 11.2 Å². The van der Waals surface area contributed by atoms with Crippen LogP contribution in [0, 0.1) is 0 Å². The summed E-state index contributed by atoms with van der Waals surface area (Å²) in [6.45, 7) is 0. The molecule has 134 valence electrons. The number of nitrogens with one attached hydrogen (secondary N) is 1. The summed E-state index contributed by atoms with van der Waals surface area (Å²) in [6.07, 6.45) is 7.34. The molecular formula is C18H20N6OS. The zero-order valence-corrected chi connectivity index (χ0v) is 15.2. The molecule has 0 saturated heterocycles. The van der Waals surface area contributed by atoms with E-state index in [0.717, 1.165) is 18.5 Å². The van der Waals surface area contributed by atoms with Crippen molar-refractivity contribution in [1.29, 1.82) is 0 Å². The molecule has 1 aromatic carbocycles. The summed E-state index contributed by atoms with van der Waals surface area (Å²) in [5.41, 5.74) is 2.15. The zero-order chi connectivity index (χ0) is 17.8. The monoisotopic (exact) mass is 368 g/mol. The van der Waals surface area contributed by atoms with Crippen LogP contribution >= 0.6 is 11.8 Å². The highest BCUT2D eigenvalue weighted by Gasteiger charge is 2.17. The molecule has 4 rings (SSSR count). The van der Waals surface area contributed by atoms with Gasteiger partial charge < -0.3 is 5.32 Å². The van der Waals surface area contributed by atoms with Gasteiger partial charge in [0, 0.05) is 6.04 Å². The van der Waals surface area contributed by atoms with E-state index in [4.69, 9.17) is 0 Å². The van der Waals surface area contributed by atoms with Gasteiger partial charge in [-0.2, -0.15) is 4.68 Å². The second kappa shape index (κ2) is 7.82. The van der Waals surface area contributed by atoms with Crippen molar-refractivity contribution < 1.29 is 4.79 Å². The van der Waals surface area contributed by atoms with Crippen LogP contribution in [0.2, 0.25) is 0 Å². The highest BCUT2D eigenvalue weighted by Crippen LogP contribution is 2.24. The number of para-hydroxylation sites is 1. The summed E-state index contributed by atoms with van der Waals surface area (Å²) in [6, 6.07) is 10.0. The molecule has 1 aliphatic carbocycles. The Labute approximate surface area is 155 Å². The van der Waals surface area contributed by atoms with Crippen LogP contribution < -0.4 is 5.32 Å². The van der Waals surface area contributed by atoms with E-state index in [2.05, 4.69) is 25.6 Å². The van der Waals surface area contributed by atoms with Crippen LogP contribution in [0.15, 0.2) is 41.7 Å². The predicted molar refractivity (Wildman–Crippen MR) is 100 cm³/mol. The fraction of sp³-hybridized carbons (Fsp3) is 0.389. The molecule has 3 aromatic rings. The van der Waals surface area contributed by atoms with Crippen LogP contribution in [0.4, 0.5) is 0 Å². The molecule has 1 saturated carbocycles. The third-order valence-electron chi connectivity index (χ3n) is 4.52. The normalized spacial score (nSPS) is 15.2. The van der Waals surface area contributed by atoms with Crippen LogP contribution in [-0.2, 0) is 4.79 Å². The minimum absolute atomic E-state index is 0.0455. The Bertz CT molecular complexity index is 891. The van der Waals surface area contributed by atoms with Crippen molar-refractivity contribution in [1.82, 2.24) is 30.3 Å². The Hall–Kier alpha value is -2.48. The van der Waals surface area contributed by atoms with Gasteiger partial charge in [0.25, 0.3) is 0 Å². The molecule has 1 N–H and O–H groups in total. The molecule has 26 heavy (non-hydrogen) atoms. The van der Waals surface area contributed by atoms with Gasteiger partial charge in [-0.25, -0.2) is 9.97 Å². The van der Waals surface area contributed by atoms with Crippen LogP contribution in [-0.4, -0.2) is 42.7 Å². The lowest BCUT2D eigenvalue weighted by Crippen LogP contribution is -2.37. The number of thioether (sulfide) groups is 1. The maximum atomic E-state index is 12.2. The van der Waals surface area contributed by atoms with E-state index in [-0.39, 0.29) is 5.91 Å². The number of rotatable bonds is 5.